The lowest BCUT2D eigenvalue weighted by Gasteiger charge is -2.07. The number of aryl methyl sites for hydroxylation is 1. The van der Waals surface area contributed by atoms with Gasteiger partial charge in [-0.25, -0.2) is 4.98 Å². The topological polar surface area (TPSA) is 63.8 Å². The van der Waals surface area contributed by atoms with E-state index in [1.807, 2.05) is 37.3 Å². The van der Waals surface area contributed by atoms with Crippen molar-refractivity contribution in [2.24, 2.45) is 0 Å². The number of aromatic nitrogens is 2. The monoisotopic (exact) mass is 228 g/mol. The number of hydrogen-bond acceptors (Lipinski definition) is 4. The molecule has 2 rings (SSSR count). The van der Waals surface area contributed by atoms with Gasteiger partial charge < -0.3 is 11.1 Å². The Balaban J connectivity index is 1.88. The molecule has 0 spiro atoms. The first-order valence-corrected chi connectivity index (χ1v) is 5.62. The van der Waals surface area contributed by atoms with Crippen molar-refractivity contribution in [1.29, 1.82) is 0 Å². The van der Waals surface area contributed by atoms with Crippen LogP contribution in [0.2, 0.25) is 0 Å². The largest absolute Gasteiger partial charge is 0.397 e. The van der Waals surface area contributed by atoms with Crippen LogP contribution in [0.4, 0.5) is 11.5 Å². The molecular weight excluding hydrogens is 212 g/mol. The molecule has 4 nitrogen and oxygen atoms in total. The standard InChI is InChI=1S/C13H16N4/c1-10-12(14)5-6-13(17-10)16-9-7-11-4-2-3-8-15-11/h2-6,8H,7,9,14H2,1H3,(H,16,17). The number of pyridine rings is 2. The van der Waals surface area contributed by atoms with E-state index in [1.54, 1.807) is 6.20 Å². The molecule has 0 aliphatic heterocycles. The summed E-state index contributed by atoms with van der Waals surface area (Å²) < 4.78 is 0. The lowest BCUT2D eigenvalue weighted by atomic mass is 10.2. The molecule has 17 heavy (non-hydrogen) atoms. The van der Waals surface area contributed by atoms with E-state index < -0.39 is 0 Å². The fourth-order valence-electron chi connectivity index (χ4n) is 1.53. The Bertz CT molecular complexity index is 482. The second-order valence-electron chi connectivity index (χ2n) is 3.87. The van der Waals surface area contributed by atoms with E-state index in [0.29, 0.717) is 0 Å². The first-order chi connectivity index (χ1) is 8.25. The summed E-state index contributed by atoms with van der Waals surface area (Å²) in [6, 6.07) is 9.69. The van der Waals surface area contributed by atoms with Gasteiger partial charge in [0, 0.05) is 24.9 Å². The number of hydrogen-bond donors (Lipinski definition) is 2. The third-order valence-corrected chi connectivity index (χ3v) is 2.54. The molecule has 88 valence electrons. The number of nitrogens with one attached hydrogen (secondary N) is 1. The molecule has 0 aliphatic carbocycles. The van der Waals surface area contributed by atoms with Crippen LogP contribution in [0.15, 0.2) is 36.5 Å². The maximum Gasteiger partial charge on any atom is 0.126 e. The lowest BCUT2D eigenvalue weighted by Crippen LogP contribution is -2.08. The van der Waals surface area contributed by atoms with Crippen molar-refractivity contribution < 1.29 is 0 Å². The van der Waals surface area contributed by atoms with Crippen molar-refractivity contribution in [3.8, 4) is 0 Å². The Labute approximate surface area is 101 Å². The van der Waals surface area contributed by atoms with Crippen LogP contribution in [-0.2, 0) is 6.42 Å². The molecule has 0 unspecified atom stereocenters. The summed E-state index contributed by atoms with van der Waals surface area (Å²) in [6.07, 6.45) is 2.69. The predicted octanol–water partition coefficient (Wildman–Crippen LogP) is 2.02. The summed E-state index contributed by atoms with van der Waals surface area (Å²) in [5.74, 6) is 0.854. The number of nitrogens with two attached hydrogens (primary N) is 1. The van der Waals surface area contributed by atoms with Crippen molar-refractivity contribution >= 4 is 11.5 Å². The van der Waals surface area contributed by atoms with Crippen LogP contribution in [0.5, 0.6) is 0 Å². The fourth-order valence-corrected chi connectivity index (χ4v) is 1.53. The fraction of sp³-hybridized carbons (Fsp3) is 0.231. The Morgan fingerprint density at radius 3 is 2.82 bits per heavy atom. The summed E-state index contributed by atoms with van der Waals surface area (Å²) in [6.45, 7) is 2.71. The number of anilines is 2. The van der Waals surface area contributed by atoms with Gasteiger partial charge in [0.2, 0.25) is 0 Å². The minimum Gasteiger partial charge on any atom is -0.397 e. The normalized spacial score (nSPS) is 10.2. The summed E-state index contributed by atoms with van der Waals surface area (Å²) in [7, 11) is 0. The zero-order valence-electron chi connectivity index (χ0n) is 9.85. The molecular formula is C13H16N4. The van der Waals surface area contributed by atoms with E-state index in [9.17, 15) is 0 Å². The highest BCUT2D eigenvalue weighted by atomic mass is 15.0. The molecule has 0 amide bonds. The maximum absolute atomic E-state index is 5.71. The molecule has 0 aromatic carbocycles. The second kappa shape index (κ2) is 5.30. The Morgan fingerprint density at radius 1 is 1.24 bits per heavy atom. The van der Waals surface area contributed by atoms with Crippen LogP contribution in [0.25, 0.3) is 0 Å². The number of nitrogen functional groups attached to an aromatic ring is 1. The van der Waals surface area contributed by atoms with E-state index in [-0.39, 0.29) is 0 Å². The first kappa shape index (κ1) is 11.4. The molecule has 0 saturated carbocycles. The number of rotatable bonds is 4. The van der Waals surface area contributed by atoms with Crippen molar-refractivity contribution in [3.05, 3.63) is 47.9 Å². The van der Waals surface area contributed by atoms with E-state index >= 15 is 0 Å². The van der Waals surface area contributed by atoms with Crippen molar-refractivity contribution in [2.45, 2.75) is 13.3 Å². The summed E-state index contributed by atoms with van der Waals surface area (Å²) in [5.41, 5.74) is 8.36. The molecule has 0 fully saturated rings. The quantitative estimate of drug-likeness (QED) is 0.840. The van der Waals surface area contributed by atoms with Gasteiger partial charge in [0.05, 0.1) is 11.4 Å². The lowest BCUT2D eigenvalue weighted by molar-refractivity contribution is 0.952. The predicted molar refractivity (Wildman–Crippen MR) is 69.8 cm³/mol. The van der Waals surface area contributed by atoms with Gasteiger partial charge in [-0.1, -0.05) is 6.07 Å². The van der Waals surface area contributed by atoms with Gasteiger partial charge in [-0.2, -0.15) is 0 Å². The Morgan fingerprint density at radius 2 is 2.12 bits per heavy atom. The van der Waals surface area contributed by atoms with Crippen LogP contribution in [0.1, 0.15) is 11.4 Å². The first-order valence-electron chi connectivity index (χ1n) is 5.62. The molecule has 0 saturated heterocycles. The molecule has 2 heterocycles. The molecule has 2 aromatic heterocycles. The highest BCUT2D eigenvalue weighted by Gasteiger charge is 1.98. The van der Waals surface area contributed by atoms with Gasteiger partial charge in [0.15, 0.2) is 0 Å². The number of nitrogens with zero attached hydrogens (tertiary/aromatic N) is 2. The van der Waals surface area contributed by atoms with Gasteiger partial charge in [0.1, 0.15) is 5.82 Å². The average Bonchev–Trinajstić information content (AvgIpc) is 2.35. The van der Waals surface area contributed by atoms with Crippen molar-refractivity contribution in [1.82, 2.24) is 9.97 Å². The third kappa shape index (κ3) is 3.17. The van der Waals surface area contributed by atoms with Crippen LogP contribution in [0.3, 0.4) is 0 Å². The summed E-state index contributed by atoms with van der Waals surface area (Å²) in [5, 5.41) is 3.25. The van der Waals surface area contributed by atoms with Gasteiger partial charge in [-0.3, -0.25) is 4.98 Å². The van der Waals surface area contributed by atoms with Crippen LogP contribution >= 0.6 is 0 Å². The molecule has 4 heteroatoms. The average molecular weight is 228 g/mol. The van der Waals surface area contributed by atoms with E-state index in [1.165, 1.54) is 0 Å². The molecule has 2 aromatic rings. The zero-order chi connectivity index (χ0) is 12.1. The highest BCUT2D eigenvalue weighted by molar-refractivity contribution is 5.49. The van der Waals surface area contributed by atoms with Gasteiger partial charge in [0.25, 0.3) is 0 Å². The van der Waals surface area contributed by atoms with E-state index in [2.05, 4.69) is 15.3 Å². The third-order valence-electron chi connectivity index (χ3n) is 2.54. The summed E-state index contributed by atoms with van der Waals surface area (Å²) in [4.78, 5) is 8.61. The Hall–Kier alpha value is -2.10. The Kier molecular flexibility index (Phi) is 3.55. The van der Waals surface area contributed by atoms with Crippen molar-refractivity contribution in [3.63, 3.8) is 0 Å². The second-order valence-corrected chi connectivity index (χ2v) is 3.87. The minimum atomic E-state index is 0.722. The zero-order valence-corrected chi connectivity index (χ0v) is 9.85. The van der Waals surface area contributed by atoms with Crippen LogP contribution in [-0.4, -0.2) is 16.5 Å². The van der Waals surface area contributed by atoms with Crippen molar-refractivity contribution in [2.75, 3.05) is 17.6 Å². The van der Waals surface area contributed by atoms with Crippen LogP contribution < -0.4 is 11.1 Å². The van der Waals surface area contributed by atoms with Gasteiger partial charge in [-0.15, -0.1) is 0 Å². The SMILES string of the molecule is Cc1nc(NCCc2ccccn2)ccc1N. The molecule has 0 aliphatic rings. The van der Waals surface area contributed by atoms with Crippen LogP contribution in [0, 0.1) is 6.92 Å². The van der Waals surface area contributed by atoms with Gasteiger partial charge in [-0.05, 0) is 31.2 Å². The molecule has 3 N–H and O–H groups in total. The van der Waals surface area contributed by atoms with Gasteiger partial charge >= 0.3 is 0 Å². The summed E-state index contributed by atoms with van der Waals surface area (Å²) >= 11 is 0. The molecule has 0 atom stereocenters. The molecule has 0 bridgehead atoms. The maximum atomic E-state index is 5.71. The van der Waals surface area contributed by atoms with E-state index in [0.717, 1.165) is 35.9 Å². The minimum absolute atomic E-state index is 0.722. The highest BCUT2D eigenvalue weighted by Crippen LogP contribution is 2.11. The van der Waals surface area contributed by atoms with E-state index in [4.69, 9.17) is 5.73 Å². The molecule has 0 radical (unpaired) electrons. The smallest absolute Gasteiger partial charge is 0.126 e.